The molecule has 0 aliphatic heterocycles. The van der Waals surface area contributed by atoms with E-state index in [0.29, 0.717) is 11.7 Å². The Balaban J connectivity index is 0.00000107. The number of allylic oxidation sites excluding steroid dienone is 4. The van der Waals surface area contributed by atoms with Gasteiger partial charge in [0.25, 0.3) is 0 Å². The average Bonchev–Trinajstić information content (AvgIpc) is 2.80. The molecule has 5 aliphatic rings. The highest BCUT2D eigenvalue weighted by Gasteiger charge is 2.75. The number of Topliss-reactive ketones (excluding diaryl/α,β-unsaturated/α-hetero) is 1. The van der Waals surface area contributed by atoms with Gasteiger partial charge >= 0.3 is 0 Å². The zero-order chi connectivity index (χ0) is 28.7. The number of alkyl halides is 3. The van der Waals surface area contributed by atoms with Crippen LogP contribution in [0.5, 0.6) is 0 Å². The van der Waals surface area contributed by atoms with Crippen LogP contribution in [0.4, 0.5) is 0 Å². The molecule has 3 fully saturated rings. The van der Waals surface area contributed by atoms with E-state index in [1.54, 1.807) is 0 Å². The predicted molar refractivity (Wildman–Crippen MR) is 186 cm³/mol. The highest BCUT2D eigenvalue weighted by molar-refractivity contribution is 14.1. The van der Waals surface area contributed by atoms with Gasteiger partial charge in [-0.2, -0.15) is 0 Å². The second-order valence-electron chi connectivity index (χ2n) is 14.7. The maximum Gasteiger partial charge on any atom is 0.174 e. The number of hydrogen-bond donors (Lipinski definition) is 0. The second-order valence-corrected chi connectivity index (χ2v) is 20.5. The lowest BCUT2D eigenvalue weighted by Crippen LogP contribution is -2.73. The molecule has 5 rings (SSSR count). The number of fused-ring (bicyclic) bond motifs is 7. The summed E-state index contributed by atoms with van der Waals surface area (Å²) in [6.45, 7) is 20.4. The molecule has 0 aromatic heterocycles. The Morgan fingerprint density at radius 3 is 2.03 bits per heavy atom. The van der Waals surface area contributed by atoms with Crippen LogP contribution in [0.15, 0.2) is 23.3 Å². The van der Waals surface area contributed by atoms with E-state index in [9.17, 15) is 9.59 Å². The van der Waals surface area contributed by atoms with E-state index in [1.807, 2.05) is 6.92 Å². The fraction of sp³-hybridized carbons (Fsp3) is 0.818. The first kappa shape index (κ1) is 31.9. The Bertz CT molecular complexity index is 1090. The van der Waals surface area contributed by atoms with Gasteiger partial charge in [0.2, 0.25) is 0 Å². The van der Waals surface area contributed by atoms with Crippen LogP contribution in [-0.2, 0) is 9.59 Å². The van der Waals surface area contributed by atoms with Crippen LogP contribution in [0, 0.1) is 33.5 Å². The Hall–Kier alpha value is 1.01. The van der Waals surface area contributed by atoms with Crippen molar-refractivity contribution in [2.24, 2.45) is 33.5 Å². The van der Waals surface area contributed by atoms with Gasteiger partial charge in [0.1, 0.15) is 3.42 Å². The van der Waals surface area contributed by atoms with Crippen LogP contribution in [0.2, 0.25) is 0 Å². The molecular weight excluding hydrogens is 809 g/mol. The van der Waals surface area contributed by atoms with Crippen LogP contribution >= 0.6 is 67.8 Å². The van der Waals surface area contributed by atoms with Crippen LogP contribution in [-0.4, -0.2) is 21.8 Å². The third kappa shape index (κ3) is 4.11. The number of hydrogen-bond acceptors (Lipinski definition) is 2. The van der Waals surface area contributed by atoms with Gasteiger partial charge in [0, 0.05) is 5.41 Å². The van der Waals surface area contributed by atoms with Gasteiger partial charge in [-0.25, -0.2) is 0 Å². The van der Waals surface area contributed by atoms with Crippen LogP contribution in [0.3, 0.4) is 0 Å². The maximum atomic E-state index is 14.6. The van der Waals surface area contributed by atoms with E-state index in [4.69, 9.17) is 0 Å². The van der Waals surface area contributed by atoms with Crippen molar-refractivity contribution >= 4 is 79.3 Å². The number of carbonyl (C=O) groups excluding carboxylic acids is 2. The van der Waals surface area contributed by atoms with Crippen molar-refractivity contribution in [2.75, 3.05) is 0 Å². The van der Waals surface area contributed by atoms with E-state index in [2.05, 4.69) is 135 Å². The smallest absolute Gasteiger partial charge is 0.174 e. The zero-order valence-corrected chi connectivity index (χ0v) is 31.6. The van der Waals surface area contributed by atoms with Crippen molar-refractivity contribution in [3.8, 4) is 0 Å². The van der Waals surface area contributed by atoms with E-state index in [0.717, 1.165) is 31.3 Å². The third-order valence-electron chi connectivity index (χ3n) is 11.7. The number of rotatable bonds is 1. The van der Waals surface area contributed by atoms with Crippen LogP contribution < -0.4 is 0 Å². The first-order valence-electron chi connectivity index (χ1n) is 14.9. The largest absolute Gasteiger partial charge is 0.293 e. The molecule has 0 amide bonds. The Labute approximate surface area is 273 Å². The Morgan fingerprint density at radius 2 is 1.45 bits per heavy atom. The molecule has 0 aromatic carbocycles. The molecule has 0 N–H and O–H groups in total. The van der Waals surface area contributed by atoms with Gasteiger partial charge in [0.15, 0.2) is 11.6 Å². The molecule has 5 heteroatoms. The summed E-state index contributed by atoms with van der Waals surface area (Å²) >= 11 is 7.93. The van der Waals surface area contributed by atoms with E-state index in [-0.39, 0.29) is 40.2 Å². The van der Waals surface area contributed by atoms with Crippen molar-refractivity contribution in [3.63, 3.8) is 0 Å². The minimum Gasteiger partial charge on any atom is -0.293 e. The monoisotopic (exact) mass is 858 g/mol. The molecule has 0 heterocycles. The van der Waals surface area contributed by atoms with E-state index in [1.165, 1.54) is 37.7 Å². The summed E-state index contributed by atoms with van der Waals surface area (Å²) in [7, 11) is 0. The highest BCUT2D eigenvalue weighted by Crippen LogP contribution is 2.76. The minimum atomic E-state index is -0.419. The van der Waals surface area contributed by atoms with Gasteiger partial charge in [-0.3, -0.25) is 9.59 Å². The number of halogens is 3. The normalized spacial score (nSPS) is 49.3. The zero-order valence-electron chi connectivity index (χ0n) is 25.1. The topological polar surface area (TPSA) is 34.1 Å². The Morgan fingerprint density at radius 1 is 0.868 bits per heavy atom. The fourth-order valence-electron chi connectivity index (χ4n) is 9.87. The van der Waals surface area contributed by atoms with E-state index >= 15 is 0 Å². The standard InChI is InChI=1S/C30H41I3O2.C3H8/c1-8-28-12-10-20-25(5)11-9-19-26(6,16-18(2)23(35)27(19,7)31)21(25)15-22(34)30(20,33)29(28,32)17-24(3,4)13-14-28;1-3-2/h15-16,19-20H,8-14,17H2,1-7H3;3H2,1-2H3. The quantitative estimate of drug-likeness (QED) is 0.195. The molecule has 0 spiro atoms. The molecule has 0 aromatic rings. The van der Waals surface area contributed by atoms with Crippen LogP contribution in [0.1, 0.15) is 120 Å². The lowest BCUT2D eigenvalue weighted by atomic mass is 9.39. The third-order valence-corrected chi connectivity index (χ3v) is 18.6. The minimum absolute atomic E-state index is 0.0100. The number of carbonyl (C=O) groups is 2. The summed E-state index contributed by atoms with van der Waals surface area (Å²) < 4.78 is -0.837. The molecule has 0 radical (unpaired) electrons. The van der Waals surface area contributed by atoms with Gasteiger partial charge in [-0.15, -0.1) is 0 Å². The van der Waals surface area contributed by atoms with Crippen molar-refractivity contribution in [3.05, 3.63) is 23.3 Å². The summed E-state index contributed by atoms with van der Waals surface area (Å²) in [5.41, 5.74) is 2.46. The lowest BCUT2D eigenvalue weighted by molar-refractivity contribution is -0.131. The number of ketones is 2. The molecule has 0 bridgehead atoms. The summed E-state index contributed by atoms with van der Waals surface area (Å²) in [6.07, 6.45) is 14.9. The molecule has 0 saturated heterocycles. The average molecular weight is 858 g/mol. The second kappa shape index (κ2) is 10.0. The summed E-state index contributed by atoms with van der Waals surface area (Å²) in [4.78, 5) is 27.8. The molecule has 3 saturated carbocycles. The highest BCUT2D eigenvalue weighted by atomic mass is 127. The van der Waals surface area contributed by atoms with Gasteiger partial charge in [-0.1, -0.05) is 134 Å². The molecular formula is C33H49I3O2. The van der Waals surface area contributed by atoms with Crippen molar-refractivity contribution < 1.29 is 9.59 Å². The van der Waals surface area contributed by atoms with Crippen molar-refractivity contribution in [2.45, 2.75) is 130 Å². The molecule has 2 nitrogen and oxygen atoms in total. The van der Waals surface area contributed by atoms with E-state index < -0.39 is 3.42 Å². The maximum absolute atomic E-state index is 14.6. The molecule has 8 atom stereocenters. The first-order chi connectivity index (χ1) is 17.4. The fourth-order valence-corrected chi connectivity index (χ4v) is 15.8. The van der Waals surface area contributed by atoms with Crippen LogP contribution in [0.25, 0.3) is 0 Å². The molecule has 214 valence electrons. The van der Waals surface area contributed by atoms with Crippen molar-refractivity contribution in [1.82, 2.24) is 0 Å². The summed E-state index contributed by atoms with van der Waals surface area (Å²) in [5.74, 6) is 1.22. The Kier molecular flexibility index (Phi) is 8.44. The first-order valence-corrected chi connectivity index (χ1v) is 18.2. The van der Waals surface area contributed by atoms with Crippen molar-refractivity contribution in [1.29, 1.82) is 0 Å². The molecule has 38 heavy (non-hydrogen) atoms. The SMILES string of the molecule is CCC.CCC12CCC3C4(C)CCC5C(C)(I)C(=O)C(C)=CC5(C)C4=CC(=O)C3(I)C1(I)CC(C)(C)CC2. The summed E-state index contributed by atoms with van der Waals surface area (Å²) in [5, 5.41) is 0. The lowest BCUT2D eigenvalue weighted by Gasteiger charge is -2.71. The summed E-state index contributed by atoms with van der Waals surface area (Å²) in [6, 6.07) is 0. The predicted octanol–water partition coefficient (Wildman–Crippen LogP) is 10.4. The van der Waals surface area contributed by atoms with Gasteiger partial charge < -0.3 is 0 Å². The molecule has 5 aliphatic carbocycles. The molecule has 8 unspecified atom stereocenters. The van der Waals surface area contributed by atoms with Gasteiger partial charge in [-0.05, 0) is 105 Å². The van der Waals surface area contributed by atoms with Gasteiger partial charge in [0.05, 0.1) is 6.84 Å².